The van der Waals surface area contributed by atoms with Crippen molar-refractivity contribution in [2.45, 2.75) is 166 Å². The average molecular weight is 729 g/mol. The Morgan fingerprint density at radius 1 is 0.784 bits per heavy atom. The van der Waals surface area contributed by atoms with E-state index >= 15 is 0 Å². The molecule has 0 aromatic rings. The van der Waals surface area contributed by atoms with E-state index in [4.69, 9.17) is 28.4 Å². The number of hydrogen-bond donors (Lipinski definition) is 6. The molecule has 2 heterocycles. The molecule has 12 nitrogen and oxygen atoms in total. The maximum absolute atomic E-state index is 11.8. The van der Waals surface area contributed by atoms with Crippen LogP contribution >= 0.6 is 0 Å². The summed E-state index contributed by atoms with van der Waals surface area (Å²) in [5.41, 5.74) is -0.0259. The molecule has 2 saturated heterocycles. The Hall–Kier alpha value is -0.480. The lowest BCUT2D eigenvalue weighted by molar-refractivity contribution is -0.313. The first kappa shape index (κ1) is 40.2. The first-order valence-electron chi connectivity index (χ1n) is 19.8. The Bertz CT molecular complexity index is 1140. The first-order chi connectivity index (χ1) is 24.2. The second-order valence-corrected chi connectivity index (χ2v) is 18.1. The summed E-state index contributed by atoms with van der Waals surface area (Å²) >= 11 is 0. The lowest BCUT2D eigenvalue weighted by Crippen LogP contribution is -2.59. The van der Waals surface area contributed by atoms with E-state index < -0.39 is 68.0 Å². The Labute approximate surface area is 304 Å². The van der Waals surface area contributed by atoms with E-state index in [1.807, 2.05) is 0 Å². The van der Waals surface area contributed by atoms with Crippen molar-refractivity contribution in [3.63, 3.8) is 0 Å². The van der Waals surface area contributed by atoms with Gasteiger partial charge in [0, 0.05) is 14.2 Å². The summed E-state index contributed by atoms with van der Waals surface area (Å²) in [5.74, 6) is 1.79. The zero-order chi connectivity index (χ0) is 37.0. The highest BCUT2D eigenvalue weighted by Gasteiger charge is 2.64. The highest BCUT2D eigenvalue weighted by molar-refractivity contribution is 5.13. The maximum atomic E-state index is 11.8. The predicted octanol–water partition coefficient (Wildman–Crippen LogP) is 2.62. The maximum Gasteiger partial charge on any atom is 0.187 e. The van der Waals surface area contributed by atoms with E-state index in [1.165, 1.54) is 14.2 Å². The molecular formula is C39H68O12. The second-order valence-electron chi connectivity index (χ2n) is 18.1. The molecule has 4 saturated carbocycles. The van der Waals surface area contributed by atoms with Gasteiger partial charge in [-0.15, -0.1) is 0 Å². The van der Waals surface area contributed by atoms with Gasteiger partial charge in [0.05, 0.1) is 37.6 Å². The number of methoxy groups -OCH3 is 2. The molecule has 2 aliphatic heterocycles. The lowest BCUT2D eigenvalue weighted by Gasteiger charge is -2.62. The topological polar surface area (TPSA) is 177 Å². The summed E-state index contributed by atoms with van der Waals surface area (Å²) in [6, 6.07) is 0. The molecule has 6 aliphatic rings. The standard InChI is InChI=1S/C39H68O12/c1-19(2)28(49-37-35(32(44)29(17-40)50-37)51-36-34(47-7)33(45)30(46-6)18-48-36)9-8-20(3)24-16-27(43)31-22-15-26(42)25-14-21(41)10-12-38(25,4)23(22)11-13-39(24,31)5/h19-37,40-45H,8-18H2,1-7H3. The molecule has 6 rings (SSSR count). The molecule has 4 aliphatic carbocycles. The van der Waals surface area contributed by atoms with E-state index in [1.54, 1.807) is 0 Å². The minimum Gasteiger partial charge on any atom is -0.394 e. The molecule has 6 fully saturated rings. The van der Waals surface area contributed by atoms with E-state index in [0.29, 0.717) is 30.6 Å². The minimum atomic E-state index is -1.19. The zero-order valence-electron chi connectivity index (χ0n) is 31.9. The molecule has 0 aromatic carbocycles. The van der Waals surface area contributed by atoms with Crippen LogP contribution in [0.3, 0.4) is 0 Å². The fourth-order valence-electron chi connectivity index (χ4n) is 12.2. The van der Waals surface area contributed by atoms with Gasteiger partial charge in [-0.2, -0.15) is 0 Å². The number of hydrogen-bond acceptors (Lipinski definition) is 12. The number of rotatable bonds is 12. The van der Waals surface area contributed by atoms with Gasteiger partial charge in [0.1, 0.15) is 36.6 Å². The normalized spacial score (nSPS) is 51.2. The highest BCUT2D eigenvalue weighted by atomic mass is 16.8. The average Bonchev–Trinajstić information content (AvgIpc) is 3.54. The Kier molecular flexibility index (Phi) is 12.6. The van der Waals surface area contributed by atoms with Crippen LogP contribution in [0.4, 0.5) is 0 Å². The largest absolute Gasteiger partial charge is 0.394 e. The number of fused-ring (bicyclic) bond motifs is 5. The highest BCUT2D eigenvalue weighted by Crippen LogP contribution is 2.68. The van der Waals surface area contributed by atoms with Crippen molar-refractivity contribution in [3.8, 4) is 0 Å². The summed E-state index contributed by atoms with van der Waals surface area (Å²) in [7, 11) is 2.93. The van der Waals surface area contributed by atoms with Crippen LogP contribution < -0.4 is 0 Å². The van der Waals surface area contributed by atoms with E-state index in [-0.39, 0.29) is 53.3 Å². The Balaban J connectivity index is 1.11. The van der Waals surface area contributed by atoms with E-state index in [2.05, 4.69) is 34.6 Å². The van der Waals surface area contributed by atoms with Crippen molar-refractivity contribution in [3.05, 3.63) is 0 Å². The van der Waals surface area contributed by atoms with E-state index in [0.717, 1.165) is 44.9 Å². The molecule has 296 valence electrons. The first-order valence-corrected chi connectivity index (χ1v) is 19.8. The number of aliphatic hydroxyl groups is 6. The van der Waals surface area contributed by atoms with Gasteiger partial charge in [0.2, 0.25) is 0 Å². The predicted molar refractivity (Wildman–Crippen MR) is 186 cm³/mol. The molecule has 51 heavy (non-hydrogen) atoms. The number of ether oxygens (including phenoxy) is 6. The van der Waals surface area contributed by atoms with Crippen molar-refractivity contribution in [1.29, 1.82) is 0 Å². The Morgan fingerprint density at radius 3 is 2.18 bits per heavy atom. The summed E-state index contributed by atoms with van der Waals surface area (Å²) < 4.78 is 35.5. The van der Waals surface area contributed by atoms with Gasteiger partial charge in [-0.05, 0) is 110 Å². The Morgan fingerprint density at radius 2 is 1.51 bits per heavy atom. The molecular weight excluding hydrogens is 660 g/mol. The van der Waals surface area contributed by atoms with Gasteiger partial charge in [-0.1, -0.05) is 34.6 Å². The molecule has 0 radical (unpaired) electrons. The molecule has 20 atom stereocenters. The fraction of sp³-hybridized carbons (Fsp3) is 1.00. The van der Waals surface area contributed by atoms with Crippen molar-refractivity contribution < 1.29 is 59.1 Å². The van der Waals surface area contributed by atoms with Gasteiger partial charge < -0.3 is 59.1 Å². The third-order valence-electron chi connectivity index (χ3n) is 15.1. The van der Waals surface area contributed by atoms with Gasteiger partial charge in [-0.25, -0.2) is 0 Å². The van der Waals surface area contributed by atoms with Crippen molar-refractivity contribution in [2.24, 2.45) is 52.3 Å². The molecule has 0 bridgehead atoms. The molecule has 0 aromatic heterocycles. The van der Waals surface area contributed by atoms with Crippen molar-refractivity contribution >= 4 is 0 Å². The van der Waals surface area contributed by atoms with Crippen LogP contribution in [0.2, 0.25) is 0 Å². The second kappa shape index (κ2) is 15.9. The molecule has 0 spiro atoms. The third kappa shape index (κ3) is 7.33. The SMILES string of the molecule is COC1COC(OC2C(OC(CCC(C)C3CC(O)C4C5CC(O)C6CC(O)CCC6(C)C5CCC34C)C(C)C)OC(CO)C2O)C(OC)C1O. The van der Waals surface area contributed by atoms with Gasteiger partial charge in [0.25, 0.3) is 0 Å². The smallest absolute Gasteiger partial charge is 0.187 e. The fourth-order valence-corrected chi connectivity index (χ4v) is 12.2. The van der Waals surface area contributed by atoms with E-state index in [9.17, 15) is 30.6 Å². The van der Waals surface area contributed by atoms with Crippen molar-refractivity contribution in [2.75, 3.05) is 27.4 Å². The van der Waals surface area contributed by atoms with Crippen LogP contribution in [0.5, 0.6) is 0 Å². The molecule has 6 N–H and O–H groups in total. The molecule has 0 amide bonds. The third-order valence-corrected chi connectivity index (χ3v) is 15.1. The van der Waals surface area contributed by atoms with Crippen LogP contribution in [0, 0.1) is 52.3 Å². The van der Waals surface area contributed by atoms with Crippen molar-refractivity contribution in [1.82, 2.24) is 0 Å². The van der Waals surface area contributed by atoms with Gasteiger partial charge in [-0.3, -0.25) is 0 Å². The van der Waals surface area contributed by atoms with Crippen LogP contribution in [-0.2, 0) is 28.4 Å². The zero-order valence-corrected chi connectivity index (χ0v) is 31.9. The molecule has 12 heteroatoms. The van der Waals surface area contributed by atoms with Crippen LogP contribution in [0.15, 0.2) is 0 Å². The monoisotopic (exact) mass is 728 g/mol. The van der Waals surface area contributed by atoms with Crippen LogP contribution in [0.25, 0.3) is 0 Å². The number of aliphatic hydroxyl groups excluding tert-OH is 6. The summed E-state index contributed by atoms with van der Waals surface area (Å²) in [4.78, 5) is 0. The summed E-state index contributed by atoms with van der Waals surface area (Å²) in [5, 5.41) is 65.5. The van der Waals surface area contributed by atoms with Gasteiger partial charge in [0.15, 0.2) is 12.6 Å². The summed E-state index contributed by atoms with van der Waals surface area (Å²) in [6.45, 7) is 10.9. The van der Waals surface area contributed by atoms with Crippen LogP contribution in [0.1, 0.15) is 92.4 Å². The quantitative estimate of drug-likeness (QED) is 0.174. The lowest BCUT2D eigenvalue weighted by atomic mass is 9.43. The van der Waals surface area contributed by atoms with Gasteiger partial charge >= 0.3 is 0 Å². The molecule has 20 unspecified atom stereocenters. The summed E-state index contributed by atoms with van der Waals surface area (Å²) in [6.07, 6.45) is -1.26. The van der Waals surface area contributed by atoms with Crippen LogP contribution in [-0.4, -0.2) is 132 Å². The minimum absolute atomic E-state index is 0.000367.